The van der Waals surface area contributed by atoms with Gasteiger partial charge in [-0.3, -0.25) is 4.72 Å². The van der Waals surface area contributed by atoms with Crippen molar-refractivity contribution in [2.24, 2.45) is 0 Å². The standard InChI is InChI=1S/C21H19F4N3O2S/c1-13-6-9-15(10-7-13)31(29,30)27-14-8-11-19(17(22)12-14)28-18-5-3-2-4-16(18)20(26-28)21(23,24)25/h6-12,27H,2-5H2,1H3. The number of sulfonamides is 1. The van der Waals surface area contributed by atoms with Crippen molar-refractivity contribution in [1.82, 2.24) is 9.78 Å². The number of halogens is 4. The molecule has 0 radical (unpaired) electrons. The minimum absolute atomic E-state index is 0.0125. The van der Waals surface area contributed by atoms with E-state index >= 15 is 0 Å². The van der Waals surface area contributed by atoms with Crippen LogP contribution in [-0.4, -0.2) is 18.2 Å². The highest BCUT2D eigenvalue weighted by Gasteiger charge is 2.40. The molecule has 10 heteroatoms. The predicted octanol–water partition coefficient (Wildman–Crippen LogP) is 5.02. The van der Waals surface area contributed by atoms with E-state index < -0.39 is 27.7 Å². The van der Waals surface area contributed by atoms with E-state index in [2.05, 4.69) is 9.82 Å². The Hall–Kier alpha value is -2.88. The van der Waals surface area contributed by atoms with Crippen molar-refractivity contribution in [3.8, 4) is 5.69 Å². The number of rotatable bonds is 4. The summed E-state index contributed by atoms with van der Waals surface area (Å²) in [5.41, 5.74) is 0.125. The summed E-state index contributed by atoms with van der Waals surface area (Å²) in [6.45, 7) is 1.82. The van der Waals surface area contributed by atoms with Gasteiger partial charge in [-0.1, -0.05) is 17.7 Å². The Balaban J connectivity index is 1.69. The Bertz CT molecular complexity index is 1230. The minimum Gasteiger partial charge on any atom is -0.280 e. The van der Waals surface area contributed by atoms with E-state index in [0.717, 1.165) is 16.3 Å². The molecule has 4 rings (SSSR count). The molecule has 3 aromatic rings. The Labute approximate surface area is 176 Å². The molecule has 0 saturated heterocycles. The highest BCUT2D eigenvalue weighted by Crippen LogP contribution is 2.37. The average molecular weight is 453 g/mol. The first kappa shape index (κ1) is 21.4. The van der Waals surface area contributed by atoms with Gasteiger partial charge in [0, 0.05) is 17.3 Å². The van der Waals surface area contributed by atoms with Crippen LogP contribution in [0.2, 0.25) is 0 Å². The molecule has 0 amide bonds. The number of nitrogens with one attached hydrogen (secondary N) is 1. The second-order valence-corrected chi connectivity index (χ2v) is 9.16. The monoisotopic (exact) mass is 453 g/mol. The molecule has 0 unspecified atom stereocenters. The van der Waals surface area contributed by atoms with Gasteiger partial charge in [0.05, 0.1) is 10.6 Å². The molecule has 0 atom stereocenters. The first-order valence-corrected chi connectivity index (χ1v) is 11.1. The lowest BCUT2D eigenvalue weighted by Gasteiger charge is -2.15. The van der Waals surface area contributed by atoms with Crippen LogP contribution in [-0.2, 0) is 29.0 Å². The van der Waals surface area contributed by atoms with Crippen LogP contribution in [0, 0.1) is 12.7 Å². The summed E-state index contributed by atoms with van der Waals surface area (Å²) in [5.74, 6) is -0.881. The van der Waals surface area contributed by atoms with Crippen molar-refractivity contribution < 1.29 is 26.0 Å². The van der Waals surface area contributed by atoms with E-state index in [1.54, 1.807) is 12.1 Å². The van der Waals surface area contributed by atoms with Gasteiger partial charge < -0.3 is 0 Å². The maximum atomic E-state index is 14.9. The Morgan fingerprint density at radius 1 is 1.03 bits per heavy atom. The van der Waals surface area contributed by atoms with E-state index in [4.69, 9.17) is 0 Å². The van der Waals surface area contributed by atoms with Gasteiger partial charge in [-0.15, -0.1) is 0 Å². The van der Waals surface area contributed by atoms with Crippen LogP contribution in [0.5, 0.6) is 0 Å². The summed E-state index contributed by atoms with van der Waals surface area (Å²) in [6, 6.07) is 9.59. The number of aryl methyl sites for hydroxylation is 1. The second-order valence-electron chi connectivity index (χ2n) is 7.48. The highest BCUT2D eigenvalue weighted by atomic mass is 32.2. The average Bonchev–Trinajstić information content (AvgIpc) is 3.08. The van der Waals surface area contributed by atoms with Crippen LogP contribution in [0.25, 0.3) is 5.69 Å². The quantitative estimate of drug-likeness (QED) is 0.565. The molecule has 0 bridgehead atoms. The third-order valence-corrected chi connectivity index (χ3v) is 6.61. The van der Waals surface area contributed by atoms with Gasteiger partial charge in [0.25, 0.3) is 10.0 Å². The molecular weight excluding hydrogens is 434 g/mol. The molecule has 0 aliphatic heterocycles. The van der Waals surface area contributed by atoms with Crippen LogP contribution in [0.1, 0.15) is 35.4 Å². The number of alkyl halides is 3. The molecule has 0 saturated carbocycles. The largest absolute Gasteiger partial charge is 0.435 e. The summed E-state index contributed by atoms with van der Waals surface area (Å²) in [4.78, 5) is 0.0125. The van der Waals surface area contributed by atoms with Crippen molar-refractivity contribution in [2.45, 2.75) is 43.7 Å². The third kappa shape index (κ3) is 4.16. The molecule has 1 N–H and O–H groups in total. The zero-order valence-corrected chi connectivity index (χ0v) is 17.3. The highest BCUT2D eigenvalue weighted by molar-refractivity contribution is 7.92. The van der Waals surface area contributed by atoms with Crippen LogP contribution in [0.3, 0.4) is 0 Å². The Morgan fingerprint density at radius 2 is 1.71 bits per heavy atom. The van der Waals surface area contributed by atoms with E-state index in [1.807, 2.05) is 6.92 Å². The molecule has 0 spiro atoms. The minimum atomic E-state index is -4.63. The predicted molar refractivity (Wildman–Crippen MR) is 107 cm³/mol. The topological polar surface area (TPSA) is 64.0 Å². The number of hydrogen-bond acceptors (Lipinski definition) is 3. The number of aromatic nitrogens is 2. The molecule has 2 aromatic carbocycles. The first-order chi connectivity index (χ1) is 14.6. The molecular formula is C21H19F4N3O2S. The zero-order chi connectivity index (χ0) is 22.4. The molecule has 1 aliphatic rings. The van der Waals surface area contributed by atoms with Crippen LogP contribution in [0.15, 0.2) is 47.4 Å². The lowest BCUT2D eigenvalue weighted by Crippen LogP contribution is -2.14. The number of fused-ring (bicyclic) bond motifs is 1. The fraction of sp³-hybridized carbons (Fsp3) is 0.286. The fourth-order valence-electron chi connectivity index (χ4n) is 3.70. The molecule has 164 valence electrons. The molecule has 31 heavy (non-hydrogen) atoms. The number of nitrogens with zero attached hydrogens (tertiary/aromatic N) is 2. The van der Waals surface area contributed by atoms with Gasteiger partial charge in [-0.05, 0) is 56.9 Å². The summed E-state index contributed by atoms with van der Waals surface area (Å²) < 4.78 is 83.3. The summed E-state index contributed by atoms with van der Waals surface area (Å²) >= 11 is 0. The number of hydrogen-bond donors (Lipinski definition) is 1. The lowest BCUT2D eigenvalue weighted by molar-refractivity contribution is -0.142. The lowest BCUT2D eigenvalue weighted by atomic mass is 9.95. The molecule has 1 aromatic heterocycles. The van der Waals surface area contributed by atoms with E-state index in [-0.39, 0.29) is 28.3 Å². The van der Waals surface area contributed by atoms with Gasteiger partial charge in [-0.2, -0.15) is 18.3 Å². The van der Waals surface area contributed by atoms with Crippen molar-refractivity contribution >= 4 is 15.7 Å². The van der Waals surface area contributed by atoms with Gasteiger partial charge in [0.15, 0.2) is 11.5 Å². The SMILES string of the molecule is Cc1ccc(S(=O)(=O)Nc2ccc(-n3nc(C(F)(F)F)c4c3CCCC4)c(F)c2)cc1. The van der Waals surface area contributed by atoms with Crippen molar-refractivity contribution in [3.05, 3.63) is 70.8 Å². The van der Waals surface area contributed by atoms with Crippen molar-refractivity contribution in [2.75, 3.05) is 4.72 Å². The molecule has 1 aliphatic carbocycles. The van der Waals surface area contributed by atoms with Gasteiger partial charge >= 0.3 is 6.18 Å². The van der Waals surface area contributed by atoms with Gasteiger partial charge in [0.2, 0.25) is 0 Å². The Morgan fingerprint density at radius 3 is 2.35 bits per heavy atom. The maximum absolute atomic E-state index is 14.9. The second kappa shape index (κ2) is 7.67. The molecule has 5 nitrogen and oxygen atoms in total. The van der Waals surface area contributed by atoms with Crippen LogP contribution < -0.4 is 4.72 Å². The van der Waals surface area contributed by atoms with Crippen LogP contribution >= 0.6 is 0 Å². The summed E-state index contributed by atoms with van der Waals surface area (Å²) in [7, 11) is -3.94. The zero-order valence-electron chi connectivity index (χ0n) is 16.5. The Kier molecular flexibility index (Phi) is 5.28. The van der Waals surface area contributed by atoms with Gasteiger partial charge in [-0.25, -0.2) is 17.5 Å². The fourth-order valence-corrected chi connectivity index (χ4v) is 4.75. The van der Waals surface area contributed by atoms with E-state index in [1.165, 1.54) is 24.3 Å². The molecule has 1 heterocycles. The smallest absolute Gasteiger partial charge is 0.280 e. The summed E-state index contributed by atoms with van der Waals surface area (Å²) in [6.07, 6.45) is -2.73. The third-order valence-electron chi connectivity index (χ3n) is 5.21. The maximum Gasteiger partial charge on any atom is 0.435 e. The normalized spacial score (nSPS) is 14.4. The number of anilines is 1. The number of benzene rings is 2. The first-order valence-electron chi connectivity index (χ1n) is 9.63. The van der Waals surface area contributed by atoms with Gasteiger partial charge in [0.1, 0.15) is 5.69 Å². The van der Waals surface area contributed by atoms with E-state index in [9.17, 15) is 26.0 Å². The molecule has 0 fully saturated rings. The summed E-state index contributed by atoms with van der Waals surface area (Å²) in [5, 5.41) is 3.67. The van der Waals surface area contributed by atoms with Crippen LogP contribution in [0.4, 0.5) is 23.2 Å². The van der Waals surface area contributed by atoms with Crippen molar-refractivity contribution in [3.63, 3.8) is 0 Å². The van der Waals surface area contributed by atoms with E-state index in [0.29, 0.717) is 25.0 Å². The van der Waals surface area contributed by atoms with Crippen molar-refractivity contribution in [1.29, 1.82) is 0 Å².